The zero-order valence-electron chi connectivity index (χ0n) is 16.9. The minimum absolute atomic E-state index is 0.0945. The summed E-state index contributed by atoms with van der Waals surface area (Å²) in [5, 5.41) is 3.13. The fraction of sp³-hybridized carbons (Fsp3) is 0.360. The number of carbonyl (C=O) groups excluding carboxylic acids is 1. The Kier molecular flexibility index (Phi) is 3.41. The van der Waals surface area contributed by atoms with E-state index in [1.54, 1.807) is 0 Å². The first kappa shape index (κ1) is 17.0. The number of aryl methyl sites for hydroxylation is 1. The first-order valence-electron chi connectivity index (χ1n) is 10.7. The molecule has 0 radical (unpaired) electrons. The van der Waals surface area contributed by atoms with E-state index in [-0.39, 0.29) is 11.3 Å². The second-order valence-corrected chi connectivity index (χ2v) is 9.19. The standard InChI is InChI=1S/C25H25N3O/c1-14(2)15-3-5-16(6-4-15)20-11-19-17(12-26-20)7-8-18-21-23(28-22(18)19)25(9-10-25)13-27-24(21)29/h3-6,11-12,14,28H,7-10,13H2,1-2H3,(H,27,29). The normalized spacial score (nSPS) is 18.2. The van der Waals surface area contributed by atoms with Crippen molar-refractivity contribution in [1.82, 2.24) is 15.3 Å². The van der Waals surface area contributed by atoms with E-state index >= 15 is 0 Å². The van der Waals surface area contributed by atoms with Gasteiger partial charge in [0.25, 0.3) is 5.91 Å². The van der Waals surface area contributed by atoms with Crippen LogP contribution in [0.3, 0.4) is 0 Å². The van der Waals surface area contributed by atoms with Crippen LogP contribution in [0, 0.1) is 0 Å². The molecule has 1 spiro atoms. The maximum atomic E-state index is 12.7. The predicted molar refractivity (Wildman–Crippen MR) is 114 cm³/mol. The van der Waals surface area contributed by atoms with Crippen molar-refractivity contribution in [3.05, 3.63) is 64.5 Å². The molecule has 4 heteroatoms. The van der Waals surface area contributed by atoms with Crippen LogP contribution in [0.4, 0.5) is 0 Å². The summed E-state index contributed by atoms with van der Waals surface area (Å²) in [6, 6.07) is 10.9. The number of amides is 1. The number of aromatic nitrogens is 2. The molecule has 1 amide bonds. The van der Waals surface area contributed by atoms with E-state index in [9.17, 15) is 4.79 Å². The van der Waals surface area contributed by atoms with Crippen molar-refractivity contribution >= 4 is 5.91 Å². The molecule has 0 saturated heterocycles. The van der Waals surface area contributed by atoms with Crippen LogP contribution in [0.2, 0.25) is 0 Å². The topological polar surface area (TPSA) is 57.8 Å². The average Bonchev–Trinajstić information content (AvgIpc) is 3.40. The van der Waals surface area contributed by atoms with E-state index in [4.69, 9.17) is 4.98 Å². The Labute approximate surface area is 170 Å². The second-order valence-electron chi connectivity index (χ2n) is 9.19. The van der Waals surface area contributed by atoms with Crippen LogP contribution in [-0.2, 0) is 18.3 Å². The minimum atomic E-state index is 0.0945. The van der Waals surface area contributed by atoms with Crippen LogP contribution < -0.4 is 5.32 Å². The van der Waals surface area contributed by atoms with Crippen molar-refractivity contribution in [3.63, 3.8) is 0 Å². The molecular weight excluding hydrogens is 358 g/mol. The van der Waals surface area contributed by atoms with Crippen LogP contribution in [0.15, 0.2) is 36.5 Å². The second kappa shape index (κ2) is 5.82. The van der Waals surface area contributed by atoms with Gasteiger partial charge in [-0.1, -0.05) is 38.1 Å². The third-order valence-corrected chi connectivity index (χ3v) is 7.08. The molecule has 0 unspecified atom stereocenters. The van der Waals surface area contributed by atoms with Gasteiger partial charge in [-0.3, -0.25) is 9.78 Å². The first-order chi connectivity index (χ1) is 14.1. The summed E-state index contributed by atoms with van der Waals surface area (Å²) in [5.41, 5.74) is 10.5. The largest absolute Gasteiger partial charge is 0.357 e. The molecule has 1 aromatic carbocycles. The highest BCUT2D eigenvalue weighted by atomic mass is 16.1. The van der Waals surface area contributed by atoms with Crippen LogP contribution in [-0.4, -0.2) is 22.4 Å². The van der Waals surface area contributed by atoms with E-state index in [1.165, 1.54) is 27.9 Å². The van der Waals surface area contributed by atoms with Gasteiger partial charge < -0.3 is 10.3 Å². The molecule has 2 N–H and O–H groups in total. The monoisotopic (exact) mass is 383 g/mol. The SMILES string of the molecule is CC(C)c1ccc(-c2cc3c(cn2)CCc2c-3[nH]c3c2C(=O)NCC32CC2)cc1. The maximum absolute atomic E-state index is 12.7. The van der Waals surface area contributed by atoms with Gasteiger partial charge in [0.1, 0.15) is 0 Å². The summed E-state index contributed by atoms with van der Waals surface area (Å²) in [6.07, 6.45) is 6.19. The summed E-state index contributed by atoms with van der Waals surface area (Å²) in [6.45, 7) is 5.20. The van der Waals surface area contributed by atoms with Crippen molar-refractivity contribution in [3.8, 4) is 22.5 Å². The predicted octanol–water partition coefficient (Wildman–Crippen LogP) is 4.74. The Bertz CT molecular complexity index is 1150. The van der Waals surface area contributed by atoms with E-state index in [1.807, 2.05) is 6.20 Å². The van der Waals surface area contributed by atoms with Gasteiger partial charge in [0.05, 0.1) is 17.0 Å². The first-order valence-corrected chi connectivity index (χ1v) is 10.7. The molecule has 3 heterocycles. The van der Waals surface area contributed by atoms with Crippen molar-refractivity contribution < 1.29 is 4.79 Å². The molecular formula is C25H25N3O. The van der Waals surface area contributed by atoms with Gasteiger partial charge in [0.2, 0.25) is 0 Å². The quantitative estimate of drug-likeness (QED) is 0.671. The van der Waals surface area contributed by atoms with E-state index in [2.05, 4.69) is 54.5 Å². The number of aromatic amines is 1. The molecule has 1 aliphatic heterocycles. The maximum Gasteiger partial charge on any atom is 0.253 e. The average molecular weight is 383 g/mol. The fourth-order valence-electron chi connectivity index (χ4n) is 5.04. The Morgan fingerprint density at radius 3 is 2.62 bits per heavy atom. The third kappa shape index (κ3) is 2.44. The van der Waals surface area contributed by atoms with Crippen molar-refractivity contribution in [2.24, 2.45) is 0 Å². The van der Waals surface area contributed by atoms with Gasteiger partial charge in [0.15, 0.2) is 0 Å². The van der Waals surface area contributed by atoms with Crippen molar-refractivity contribution in [2.75, 3.05) is 6.54 Å². The van der Waals surface area contributed by atoms with Crippen molar-refractivity contribution in [2.45, 2.75) is 50.9 Å². The Morgan fingerprint density at radius 1 is 1.10 bits per heavy atom. The van der Waals surface area contributed by atoms with Gasteiger partial charge in [-0.15, -0.1) is 0 Å². The van der Waals surface area contributed by atoms with Crippen molar-refractivity contribution in [1.29, 1.82) is 0 Å². The lowest BCUT2D eigenvalue weighted by Gasteiger charge is -2.23. The molecule has 2 aliphatic carbocycles. The number of nitrogens with one attached hydrogen (secondary N) is 2. The number of carbonyl (C=O) groups is 1. The number of hydrogen-bond donors (Lipinski definition) is 2. The Hall–Kier alpha value is -2.88. The van der Waals surface area contributed by atoms with Crippen LogP contribution in [0.1, 0.15) is 65.3 Å². The zero-order valence-corrected chi connectivity index (χ0v) is 16.9. The summed E-state index contributed by atoms with van der Waals surface area (Å²) in [5.74, 6) is 0.617. The molecule has 29 heavy (non-hydrogen) atoms. The smallest absolute Gasteiger partial charge is 0.253 e. The molecule has 146 valence electrons. The fourth-order valence-corrected chi connectivity index (χ4v) is 5.04. The van der Waals surface area contributed by atoms with E-state index in [0.29, 0.717) is 5.92 Å². The number of rotatable bonds is 2. The van der Waals surface area contributed by atoms with E-state index in [0.717, 1.165) is 54.7 Å². The molecule has 0 atom stereocenters. The molecule has 1 saturated carbocycles. The number of fused-ring (bicyclic) bond motifs is 6. The minimum Gasteiger partial charge on any atom is -0.357 e. The van der Waals surface area contributed by atoms with Crippen LogP contribution in [0.5, 0.6) is 0 Å². The highest BCUT2D eigenvalue weighted by Gasteiger charge is 2.51. The van der Waals surface area contributed by atoms with Gasteiger partial charge in [-0.25, -0.2) is 0 Å². The number of hydrogen-bond acceptors (Lipinski definition) is 2. The lowest BCUT2D eigenvalue weighted by Crippen LogP contribution is -2.39. The number of H-pyrrole nitrogens is 1. The molecule has 6 rings (SSSR count). The van der Waals surface area contributed by atoms with Gasteiger partial charge in [-0.2, -0.15) is 0 Å². The zero-order chi connectivity index (χ0) is 19.8. The van der Waals surface area contributed by atoms with Crippen LogP contribution in [0.25, 0.3) is 22.5 Å². The van der Waals surface area contributed by atoms with Gasteiger partial charge in [0, 0.05) is 35.0 Å². The number of nitrogens with zero attached hydrogens (tertiary/aromatic N) is 1. The third-order valence-electron chi connectivity index (χ3n) is 7.08. The van der Waals surface area contributed by atoms with Gasteiger partial charge >= 0.3 is 0 Å². The molecule has 2 aromatic heterocycles. The molecule has 4 nitrogen and oxygen atoms in total. The Balaban J connectivity index is 1.47. The molecule has 0 bridgehead atoms. The number of benzene rings is 1. The van der Waals surface area contributed by atoms with Gasteiger partial charge in [-0.05, 0) is 54.4 Å². The summed E-state index contributed by atoms with van der Waals surface area (Å²) < 4.78 is 0. The highest BCUT2D eigenvalue weighted by molar-refractivity contribution is 6.01. The lowest BCUT2D eigenvalue weighted by atomic mass is 9.86. The summed E-state index contributed by atoms with van der Waals surface area (Å²) >= 11 is 0. The number of pyridine rings is 1. The highest BCUT2D eigenvalue weighted by Crippen LogP contribution is 2.52. The lowest BCUT2D eigenvalue weighted by molar-refractivity contribution is 0.0936. The summed E-state index contributed by atoms with van der Waals surface area (Å²) in [7, 11) is 0. The summed E-state index contributed by atoms with van der Waals surface area (Å²) in [4.78, 5) is 21.1. The van der Waals surface area contributed by atoms with Crippen LogP contribution >= 0.6 is 0 Å². The van der Waals surface area contributed by atoms with E-state index < -0.39 is 0 Å². The molecule has 3 aliphatic rings. The molecule has 3 aromatic rings. The Morgan fingerprint density at radius 2 is 1.90 bits per heavy atom. The molecule has 1 fully saturated rings.